The molecule has 108 valence electrons. The van der Waals surface area contributed by atoms with Gasteiger partial charge in [-0.05, 0) is 34.1 Å². The Morgan fingerprint density at radius 3 is 2.20 bits per heavy atom. The predicted molar refractivity (Wildman–Crippen MR) is 75.9 cm³/mol. The lowest BCUT2D eigenvalue weighted by Gasteiger charge is -2.32. The highest BCUT2D eigenvalue weighted by Crippen LogP contribution is 2.36. The van der Waals surface area contributed by atoms with Gasteiger partial charge in [0, 0.05) is 30.4 Å². The maximum atomic E-state index is 5.99. The minimum atomic E-state index is -0.395. The van der Waals surface area contributed by atoms with E-state index in [0.29, 0.717) is 5.92 Å². The van der Waals surface area contributed by atoms with Gasteiger partial charge in [-0.15, -0.1) is 0 Å². The second-order valence-electron chi connectivity index (χ2n) is 6.52. The van der Waals surface area contributed by atoms with Gasteiger partial charge in [-0.2, -0.15) is 0 Å². The van der Waals surface area contributed by atoms with E-state index in [2.05, 4.69) is 9.97 Å². The van der Waals surface area contributed by atoms with Crippen LogP contribution in [0.5, 0.6) is 0 Å². The SMILES string of the molecule is CC1(C)OB(c2cnc(C3CCOC3)nc2)OC1(C)C. The van der Waals surface area contributed by atoms with Gasteiger partial charge in [0.1, 0.15) is 5.82 Å². The third-order valence-electron chi connectivity index (χ3n) is 4.51. The molecule has 20 heavy (non-hydrogen) atoms. The smallest absolute Gasteiger partial charge is 0.399 e. The van der Waals surface area contributed by atoms with E-state index in [-0.39, 0.29) is 11.2 Å². The molecule has 2 aliphatic rings. The molecule has 3 heterocycles. The fourth-order valence-electron chi connectivity index (χ4n) is 2.40. The maximum Gasteiger partial charge on any atom is 0.498 e. The molecule has 0 saturated carbocycles. The summed E-state index contributed by atoms with van der Waals surface area (Å²) in [7, 11) is -0.395. The summed E-state index contributed by atoms with van der Waals surface area (Å²) in [4.78, 5) is 8.90. The summed E-state index contributed by atoms with van der Waals surface area (Å²) in [6, 6.07) is 0. The third kappa shape index (κ3) is 2.36. The molecule has 2 saturated heterocycles. The molecular formula is C14H21BN2O3. The van der Waals surface area contributed by atoms with E-state index in [0.717, 1.165) is 30.9 Å². The Labute approximate surface area is 120 Å². The molecule has 1 unspecified atom stereocenters. The molecule has 2 fully saturated rings. The normalized spacial score (nSPS) is 28.0. The van der Waals surface area contributed by atoms with Crippen LogP contribution in [0.25, 0.3) is 0 Å². The third-order valence-corrected chi connectivity index (χ3v) is 4.51. The number of ether oxygens (including phenoxy) is 1. The van der Waals surface area contributed by atoms with Gasteiger partial charge in [0.05, 0.1) is 17.8 Å². The summed E-state index contributed by atoms with van der Waals surface area (Å²) in [5.74, 6) is 1.17. The summed E-state index contributed by atoms with van der Waals surface area (Å²) in [5, 5.41) is 0. The van der Waals surface area contributed by atoms with E-state index in [4.69, 9.17) is 14.0 Å². The van der Waals surface area contributed by atoms with E-state index < -0.39 is 7.12 Å². The van der Waals surface area contributed by atoms with Gasteiger partial charge < -0.3 is 14.0 Å². The number of hydrogen-bond donors (Lipinski definition) is 0. The molecule has 1 aromatic heterocycles. The van der Waals surface area contributed by atoms with E-state index in [1.165, 1.54) is 0 Å². The van der Waals surface area contributed by atoms with E-state index >= 15 is 0 Å². The van der Waals surface area contributed by atoms with Crippen molar-refractivity contribution in [2.75, 3.05) is 13.2 Å². The molecule has 0 N–H and O–H groups in total. The van der Waals surface area contributed by atoms with Crippen molar-refractivity contribution in [1.82, 2.24) is 9.97 Å². The molecule has 0 bridgehead atoms. The van der Waals surface area contributed by atoms with Crippen LogP contribution >= 0.6 is 0 Å². The fourth-order valence-corrected chi connectivity index (χ4v) is 2.40. The molecule has 0 spiro atoms. The van der Waals surface area contributed by atoms with Crippen molar-refractivity contribution in [2.24, 2.45) is 0 Å². The van der Waals surface area contributed by atoms with Gasteiger partial charge in [0.25, 0.3) is 0 Å². The zero-order valence-corrected chi connectivity index (χ0v) is 12.5. The quantitative estimate of drug-likeness (QED) is 0.762. The zero-order valence-electron chi connectivity index (χ0n) is 12.5. The fraction of sp³-hybridized carbons (Fsp3) is 0.714. The van der Waals surface area contributed by atoms with Crippen LogP contribution in [-0.4, -0.2) is 41.5 Å². The molecule has 1 atom stereocenters. The lowest BCUT2D eigenvalue weighted by Crippen LogP contribution is -2.41. The Bertz CT molecular complexity index is 468. The average Bonchev–Trinajstić information content (AvgIpc) is 2.97. The minimum Gasteiger partial charge on any atom is -0.399 e. The Morgan fingerprint density at radius 2 is 1.70 bits per heavy atom. The van der Waals surface area contributed by atoms with E-state index in [9.17, 15) is 0 Å². The van der Waals surface area contributed by atoms with Crippen molar-refractivity contribution in [3.8, 4) is 0 Å². The summed E-state index contributed by atoms with van der Waals surface area (Å²) in [5.41, 5.74) is 0.192. The molecule has 6 heteroatoms. The molecule has 0 aliphatic carbocycles. The summed E-state index contributed by atoms with van der Waals surface area (Å²) in [6.45, 7) is 9.68. The first-order valence-electron chi connectivity index (χ1n) is 7.14. The minimum absolute atomic E-state index is 0.322. The summed E-state index contributed by atoms with van der Waals surface area (Å²) in [6.07, 6.45) is 4.61. The van der Waals surface area contributed by atoms with Crippen molar-refractivity contribution < 1.29 is 14.0 Å². The van der Waals surface area contributed by atoms with Crippen molar-refractivity contribution in [1.29, 1.82) is 0 Å². The number of nitrogens with zero attached hydrogens (tertiary/aromatic N) is 2. The zero-order chi connectivity index (χ0) is 14.4. The first-order valence-corrected chi connectivity index (χ1v) is 7.14. The molecule has 3 rings (SSSR count). The van der Waals surface area contributed by atoms with Crippen molar-refractivity contribution in [3.05, 3.63) is 18.2 Å². The molecule has 0 amide bonds. The van der Waals surface area contributed by atoms with Crippen molar-refractivity contribution in [3.63, 3.8) is 0 Å². The van der Waals surface area contributed by atoms with Gasteiger partial charge in [0.2, 0.25) is 0 Å². The standard InChI is InChI=1S/C14H21BN2O3/c1-13(2)14(3,4)20-15(19-13)11-7-16-12(17-8-11)10-5-6-18-9-10/h7-8,10H,5-6,9H2,1-4H3. The second kappa shape index (κ2) is 4.79. The Hall–Kier alpha value is -0.975. The lowest BCUT2D eigenvalue weighted by molar-refractivity contribution is 0.00578. The average molecular weight is 276 g/mol. The highest BCUT2D eigenvalue weighted by molar-refractivity contribution is 6.61. The van der Waals surface area contributed by atoms with Gasteiger partial charge in [-0.3, -0.25) is 0 Å². The van der Waals surface area contributed by atoms with Crippen LogP contribution < -0.4 is 5.46 Å². The van der Waals surface area contributed by atoms with Crippen LogP contribution in [-0.2, 0) is 14.0 Å². The summed E-state index contributed by atoms with van der Waals surface area (Å²) >= 11 is 0. The number of hydrogen-bond acceptors (Lipinski definition) is 5. The topological polar surface area (TPSA) is 53.5 Å². The number of aromatic nitrogens is 2. The highest BCUT2D eigenvalue weighted by atomic mass is 16.7. The predicted octanol–water partition coefficient (Wildman–Crippen LogP) is 1.28. The van der Waals surface area contributed by atoms with Crippen LogP contribution in [0.15, 0.2) is 12.4 Å². The van der Waals surface area contributed by atoms with Gasteiger partial charge in [-0.1, -0.05) is 0 Å². The van der Waals surface area contributed by atoms with Crippen molar-refractivity contribution in [2.45, 2.75) is 51.2 Å². The Morgan fingerprint density at radius 1 is 1.10 bits per heavy atom. The maximum absolute atomic E-state index is 5.99. The van der Waals surface area contributed by atoms with Gasteiger partial charge >= 0.3 is 7.12 Å². The van der Waals surface area contributed by atoms with Crippen LogP contribution in [0.1, 0.15) is 45.9 Å². The molecule has 0 aromatic carbocycles. The Balaban J connectivity index is 1.75. The van der Waals surface area contributed by atoms with Crippen molar-refractivity contribution >= 4 is 12.6 Å². The monoisotopic (exact) mass is 276 g/mol. The first-order chi connectivity index (χ1) is 9.39. The molecule has 5 nitrogen and oxygen atoms in total. The van der Waals surface area contributed by atoms with Crippen LogP contribution in [0.3, 0.4) is 0 Å². The van der Waals surface area contributed by atoms with E-state index in [1.807, 2.05) is 40.1 Å². The molecule has 1 aromatic rings. The highest BCUT2D eigenvalue weighted by Gasteiger charge is 2.51. The molecular weight excluding hydrogens is 255 g/mol. The largest absolute Gasteiger partial charge is 0.498 e. The molecule has 0 radical (unpaired) electrons. The van der Waals surface area contributed by atoms with Crippen LogP contribution in [0.4, 0.5) is 0 Å². The van der Waals surface area contributed by atoms with Gasteiger partial charge in [0.15, 0.2) is 0 Å². The van der Waals surface area contributed by atoms with E-state index in [1.54, 1.807) is 0 Å². The van der Waals surface area contributed by atoms with Crippen LogP contribution in [0.2, 0.25) is 0 Å². The first kappa shape index (κ1) is 14.0. The lowest BCUT2D eigenvalue weighted by atomic mass is 9.81. The summed E-state index contributed by atoms with van der Waals surface area (Å²) < 4.78 is 17.3. The van der Waals surface area contributed by atoms with Crippen LogP contribution in [0, 0.1) is 0 Å². The van der Waals surface area contributed by atoms with Gasteiger partial charge in [-0.25, -0.2) is 9.97 Å². The number of rotatable bonds is 2. The second-order valence-corrected chi connectivity index (χ2v) is 6.52. The molecule has 2 aliphatic heterocycles. The Kier molecular flexibility index (Phi) is 3.35.